The number of halogens is 1. The van der Waals surface area contributed by atoms with E-state index >= 15 is 0 Å². The molecule has 0 unspecified atom stereocenters. The predicted molar refractivity (Wildman–Crippen MR) is 49.4 cm³/mol. The molecule has 1 radical (unpaired) electrons. The fraction of sp³-hybridized carbons (Fsp3) is 0.100. The quantitative estimate of drug-likeness (QED) is 0.632. The monoisotopic (exact) mass is 165 g/mol. The van der Waals surface area contributed by atoms with E-state index in [-0.39, 0.29) is 0 Å². The fourth-order valence-electron chi connectivity index (χ4n) is 0.863. The highest BCUT2D eigenvalue weighted by Gasteiger charge is 1.92. The van der Waals surface area contributed by atoms with Gasteiger partial charge in [-0.2, -0.15) is 0 Å². The lowest BCUT2D eigenvalue weighted by Crippen LogP contribution is -1.82. The van der Waals surface area contributed by atoms with Gasteiger partial charge in [0.2, 0.25) is 0 Å². The van der Waals surface area contributed by atoms with E-state index in [0.29, 0.717) is 0 Å². The summed E-state index contributed by atoms with van der Waals surface area (Å²) in [5.74, 6) is 0. The zero-order valence-electron chi connectivity index (χ0n) is 6.26. The van der Waals surface area contributed by atoms with Crippen LogP contribution < -0.4 is 0 Å². The molecule has 0 aromatic heterocycles. The molecule has 0 aliphatic carbocycles. The van der Waals surface area contributed by atoms with Gasteiger partial charge in [0, 0.05) is 11.5 Å². The van der Waals surface area contributed by atoms with E-state index in [2.05, 4.69) is 6.92 Å². The molecule has 11 heavy (non-hydrogen) atoms. The maximum Gasteiger partial charge on any atom is 0.0185 e. The Morgan fingerprint density at radius 1 is 1.36 bits per heavy atom. The molecule has 1 rings (SSSR count). The molecule has 0 nitrogen and oxygen atoms in total. The van der Waals surface area contributed by atoms with Crippen molar-refractivity contribution >= 4 is 11.6 Å². The second kappa shape index (κ2) is 4.20. The van der Waals surface area contributed by atoms with Gasteiger partial charge in [-0.1, -0.05) is 48.0 Å². The Kier molecular flexibility index (Phi) is 3.18. The van der Waals surface area contributed by atoms with Crippen molar-refractivity contribution in [2.24, 2.45) is 0 Å². The average molecular weight is 166 g/mol. The van der Waals surface area contributed by atoms with Crippen molar-refractivity contribution in [2.45, 2.75) is 6.42 Å². The van der Waals surface area contributed by atoms with E-state index in [1.165, 1.54) is 5.56 Å². The lowest BCUT2D eigenvalue weighted by Gasteiger charge is -1.97. The summed E-state index contributed by atoms with van der Waals surface area (Å²) in [5, 5.41) is 0.788. The van der Waals surface area contributed by atoms with Crippen LogP contribution in [0.3, 0.4) is 0 Å². The summed E-state index contributed by atoms with van der Waals surface area (Å²) < 4.78 is 0. The molecule has 0 spiro atoms. The Morgan fingerprint density at radius 3 is 2.55 bits per heavy atom. The Hall–Kier alpha value is -0.750. The van der Waals surface area contributed by atoms with Crippen LogP contribution in [0.2, 0.25) is 0 Å². The standard InChI is InChI=1S/C10H10Cl/c1-2-10(11)8-9-6-4-3-5-7-9/h2-7H,1,8H2/b10-2-. The van der Waals surface area contributed by atoms with Gasteiger partial charge in [0.25, 0.3) is 0 Å². The number of hydrogen-bond donors (Lipinski definition) is 0. The van der Waals surface area contributed by atoms with Crippen LogP contribution in [0.15, 0.2) is 41.4 Å². The van der Waals surface area contributed by atoms with E-state index in [1.54, 1.807) is 6.08 Å². The first-order valence-electron chi connectivity index (χ1n) is 3.50. The van der Waals surface area contributed by atoms with Crippen LogP contribution in [0, 0.1) is 6.92 Å². The van der Waals surface area contributed by atoms with Crippen molar-refractivity contribution in [3.63, 3.8) is 0 Å². The largest absolute Gasteiger partial charge is 0.0891 e. The van der Waals surface area contributed by atoms with Gasteiger partial charge in [-0.3, -0.25) is 0 Å². The minimum Gasteiger partial charge on any atom is -0.0891 e. The van der Waals surface area contributed by atoms with Crippen molar-refractivity contribution in [1.29, 1.82) is 0 Å². The van der Waals surface area contributed by atoms with Gasteiger partial charge in [0.05, 0.1) is 0 Å². The third-order valence-electron chi connectivity index (χ3n) is 1.44. The minimum absolute atomic E-state index is 0.784. The highest BCUT2D eigenvalue weighted by molar-refractivity contribution is 6.29. The molecule has 0 atom stereocenters. The normalized spacial score (nSPS) is 11.6. The molecule has 57 valence electrons. The number of hydrogen-bond acceptors (Lipinski definition) is 0. The van der Waals surface area contributed by atoms with Crippen LogP contribution in [-0.4, -0.2) is 0 Å². The molecule has 0 saturated carbocycles. The molecule has 1 aromatic rings. The fourth-order valence-corrected chi connectivity index (χ4v) is 1.02. The highest BCUT2D eigenvalue weighted by Crippen LogP contribution is 2.10. The van der Waals surface area contributed by atoms with Gasteiger partial charge in [0.1, 0.15) is 0 Å². The number of rotatable bonds is 2. The Morgan fingerprint density at radius 2 is 2.00 bits per heavy atom. The van der Waals surface area contributed by atoms with Crippen LogP contribution >= 0.6 is 11.6 Å². The molecular formula is C10H10Cl. The van der Waals surface area contributed by atoms with Crippen molar-refractivity contribution in [3.05, 3.63) is 53.9 Å². The Balaban J connectivity index is 2.65. The van der Waals surface area contributed by atoms with Crippen molar-refractivity contribution in [1.82, 2.24) is 0 Å². The zero-order chi connectivity index (χ0) is 8.10. The summed E-state index contributed by atoms with van der Waals surface area (Å²) in [6, 6.07) is 10.1. The lowest BCUT2D eigenvalue weighted by atomic mass is 10.1. The summed E-state index contributed by atoms with van der Waals surface area (Å²) in [7, 11) is 0. The molecule has 0 amide bonds. The van der Waals surface area contributed by atoms with Gasteiger partial charge >= 0.3 is 0 Å². The maximum atomic E-state index is 5.80. The molecule has 1 heteroatoms. The summed E-state index contributed by atoms with van der Waals surface area (Å²) in [6.45, 7) is 3.59. The van der Waals surface area contributed by atoms with Gasteiger partial charge < -0.3 is 0 Å². The summed E-state index contributed by atoms with van der Waals surface area (Å²) in [6.07, 6.45) is 2.46. The van der Waals surface area contributed by atoms with Crippen molar-refractivity contribution < 1.29 is 0 Å². The van der Waals surface area contributed by atoms with Crippen molar-refractivity contribution in [3.8, 4) is 0 Å². The third kappa shape index (κ3) is 2.77. The smallest absolute Gasteiger partial charge is 0.0185 e. The van der Waals surface area contributed by atoms with Gasteiger partial charge in [-0.25, -0.2) is 0 Å². The van der Waals surface area contributed by atoms with Crippen LogP contribution in [-0.2, 0) is 6.42 Å². The number of allylic oxidation sites excluding steroid dienone is 2. The first kappa shape index (κ1) is 8.35. The second-order valence-electron chi connectivity index (χ2n) is 2.31. The first-order chi connectivity index (χ1) is 5.33. The Bertz CT molecular complexity index is 236. The van der Waals surface area contributed by atoms with E-state index < -0.39 is 0 Å². The van der Waals surface area contributed by atoms with Crippen molar-refractivity contribution in [2.75, 3.05) is 0 Å². The molecule has 0 saturated heterocycles. The van der Waals surface area contributed by atoms with Gasteiger partial charge in [0.15, 0.2) is 0 Å². The highest BCUT2D eigenvalue weighted by atomic mass is 35.5. The average Bonchev–Trinajstić information content (AvgIpc) is 2.06. The lowest BCUT2D eigenvalue weighted by molar-refractivity contribution is 1.24. The molecule has 0 aliphatic rings. The van der Waals surface area contributed by atoms with Crippen LogP contribution in [0.4, 0.5) is 0 Å². The summed E-state index contributed by atoms with van der Waals surface area (Å²) in [5.41, 5.74) is 1.22. The molecule has 0 N–H and O–H groups in total. The molecule has 0 aliphatic heterocycles. The maximum absolute atomic E-state index is 5.80. The number of benzene rings is 1. The van der Waals surface area contributed by atoms with Crippen LogP contribution in [0.5, 0.6) is 0 Å². The predicted octanol–water partition coefficient (Wildman–Crippen LogP) is 3.19. The van der Waals surface area contributed by atoms with Gasteiger partial charge in [-0.15, -0.1) is 0 Å². The molecule has 1 aromatic carbocycles. The molecular weight excluding hydrogens is 156 g/mol. The first-order valence-corrected chi connectivity index (χ1v) is 3.88. The third-order valence-corrected chi connectivity index (χ3v) is 1.73. The van der Waals surface area contributed by atoms with E-state index in [0.717, 1.165) is 11.5 Å². The minimum atomic E-state index is 0.784. The molecule has 0 fully saturated rings. The Labute approximate surface area is 72.5 Å². The van der Waals surface area contributed by atoms with Crippen LogP contribution in [0.25, 0.3) is 0 Å². The molecule has 0 heterocycles. The SMILES string of the molecule is [CH2]/C=C(\Cl)Cc1ccccc1. The van der Waals surface area contributed by atoms with Crippen LogP contribution in [0.1, 0.15) is 5.56 Å². The molecule has 0 bridgehead atoms. The van der Waals surface area contributed by atoms with E-state index in [4.69, 9.17) is 11.6 Å². The van der Waals surface area contributed by atoms with Gasteiger partial charge in [-0.05, 0) is 12.5 Å². The van der Waals surface area contributed by atoms with E-state index in [1.807, 2.05) is 30.3 Å². The topological polar surface area (TPSA) is 0 Å². The van der Waals surface area contributed by atoms with E-state index in [9.17, 15) is 0 Å². The summed E-state index contributed by atoms with van der Waals surface area (Å²) >= 11 is 5.80. The second-order valence-corrected chi connectivity index (χ2v) is 2.80. The zero-order valence-corrected chi connectivity index (χ0v) is 7.01. The summed E-state index contributed by atoms with van der Waals surface area (Å²) in [4.78, 5) is 0.